The molecule has 0 radical (unpaired) electrons. The Kier molecular flexibility index (Phi) is 4.35. The number of carbonyl (C=O) groups excluding carboxylic acids is 1. The average molecular weight is 384 g/mol. The maximum Gasteiger partial charge on any atom is 0.232 e. The van der Waals surface area contributed by atoms with Crippen LogP contribution in [0.5, 0.6) is 0 Å². The predicted molar refractivity (Wildman–Crippen MR) is 106 cm³/mol. The van der Waals surface area contributed by atoms with Gasteiger partial charge in [0.05, 0.1) is 5.75 Å². The molecule has 2 N–H and O–H groups in total. The molecule has 0 aliphatic heterocycles. The van der Waals surface area contributed by atoms with Gasteiger partial charge in [0, 0.05) is 23.3 Å². The lowest BCUT2D eigenvalue weighted by Gasteiger charge is -2.17. The van der Waals surface area contributed by atoms with Crippen molar-refractivity contribution in [1.82, 2.24) is 9.97 Å². The van der Waals surface area contributed by atoms with E-state index in [2.05, 4.69) is 14.7 Å². The van der Waals surface area contributed by atoms with Crippen LogP contribution in [0.1, 0.15) is 19.8 Å². The number of amides is 1. The predicted octanol–water partition coefficient (Wildman–Crippen LogP) is 3.12. The van der Waals surface area contributed by atoms with E-state index in [9.17, 15) is 13.2 Å². The fourth-order valence-electron chi connectivity index (χ4n) is 3.04. The van der Waals surface area contributed by atoms with E-state index in [-0.39, 0.29) is 11.8 Å². The Hall–Kier alpha value is -2.87. The average Bonchev–Trinajstić information content (AvgIpc) is 3.38. The summed E-state index contributed by atoms with van der Waals surface area (Å²) in [7, 11) is -3.31. The van der Waals surface area contributed by atoms with E-state index in [4.69, 9.17) is 0 Å². The maximum atomic E-state index is 11.7. The molecule has 1 amide bonds. The molecule has 0 unspecified atom stereocenters. The van der Waals surface area contributed by atoms with Crippen molar-refractivity contribution in [3.05, 3.63) is 42.6 Å². The molecule has 7 nitrogen and oxygen atoms in total. The summed E-state index contributed by atoms with van der Waals surface area (Å²) in [6, 6.07) is 11.3. The minimum atomic E-state index is -3.31. The molecule has 4 rings (SSSR count). The summed E-state index contributed by atoms with van der Waals surface area (Å²) in [6.07, 6.45) is 4.63. The number of pyridine rings is 1. The molecule has 0 spiro atoms. The quantitative estimate of drug-likeness (QED) is 0.612. The van der Waals surface area contributed by atoms with Gasteiger partial charge in [-0.05, 0) is 55.2 Å². The third-order valence-electron chi connectivity index (χ3n) is 4.68. The number of fused-ring (bicyclic) bond motifs is 1. The monoisotopic (exact) mass is 384 g/mol. The first-order chi connectivity index (χ1) is 13.0. The minimum Gasteiger partial charge on any atom is -0.346 e. The Labute approximate surface area is 157 Å². The highest BCUT2D eigenvalue weighted by Crippen LogP contribution is 2.35. The lowest BCUT2D eigenvalue weighted by Crippen LogP contribution is -2.24. The van der Waals surface area contributed by atoms with Crippen LogP contribution in [-0.2, 0) is 14.8 Å². The molecule has 1 aliphatic rings. The van der Waals surface area contributed by atoms with Crippen LogP contribution in [0.2, 0.25) is 0 Å². The van der Waals surface area contributed by atoms with Crippen LogP contribution in [0.15, 0.2) is 42.6 Å². The number of hydrogen-bond acceptors (Lipinski definition) is 4. The van der Waals surface area contributed by atoms with Crippen LogP contribution < -0.4 is 9.62 Å². The highest BCUT2D eigenvalue weighted by molar-refractivity contribution is 7.92. The summed E-state index contributed by atoms with van der Waals surface area (Å²) in [4.78, 5) is 20.9. The van der Waals surface area contributed by atoms with Crippen molar-refractivity contribution in [2.75, 3.05) is 15.4 Å². The molecule has 3 aromatic rings. The zero-order valence-corrected chi connectivity index (χ0v) is 15.7. The fraction of sp³-hybridized carbons (Fsp3) is 0.263. The zero-order chi connectivity index (χ0) is 19.0. The number of nitrogens with zero attached hydrogens (tertiary/aromatic N) is 2. The van der Waals surface area contributed by atoms with Crippen LogP contribution >= 0.6 is 0 Å². The molecule has 0 bridgehead atoms. The zero-order valence-electron chi connectivity index (χ0n) is 14.8. The summed E-state index contributed by atoms with van der Waals surface area (Å²) >= 11 is 0. The standard InChI is InChI=1S/C19H20N4O3S/c1-2-27(25,26)22-14-5-3-13(4-6-14)17-11-18(23(12-24)15-7-8-15)21-19-16(17)9-10-20-19/h3-6,9-12,15,22H,2,7-8H2,1H3,(H,20,21). The van der Waals surface area contributed by atoms with Gasteiger partial charge in [0.15, 0.2) is 0 Å². The number of benzene rings is 1. The third kappa shape index (κ3) is 3.52. The van der Waals surface area contributed by atoms with E-state index in [1.165, 1.54) is 0 Å². The second kappa shape index (κ2) is 6.70. The maximum absolute atomic E-state index is 11.7. The van der Waals surface area contributed by atoms with Crippen molar-refractivity contribution in [3.63, 3.8) is 0 Å². The van der Waals surface area contributed by atoms with Crippen LogP contribution in [0.3, 0.4) is 0 Å². The number of aromatic nitrogens is 2. The van der Waals surface area contributed by atoms with Gasteiger partial charge < -0.3 is 4.98 Å². The molecular weight excluding hydrogens is 364 g/mol. The number of hydrogen-bond donors (Lipinski definition) is 2. The summed E-state index contributed by atoms with van der Waals surface area (Å²) < 4.78 is 26.0. The lowest BCUT2D eigenvalue weighted by molar-refractivity contribution is -0.107. The Morgan fingerprint density at radius 2 is 2.00 bits per heavy atom. The molecule has 1 aliphatic carbocycles. The van der Waals surface area contributed by atoms with Gasteiger partial charge in [-0.25, -0.2) is 13.4 Å². The summed E-state index contributed by atoms with van der Waals surface area (Å²) in [5.74, 6) is 0.642. The Morgan fingerprint density at radius 3 is 2.63 bits per heavy atom. The van der Waals surface area contributed by atoms with Crippen molar-refractivity contribution in [1.29, 1.82) is 0 Å². The van der Waals surface area contributed by atoms with E-state index in [1.807, 2.05) is 30.5 Å². The van der Waals surface area contributed by atoms with Crippen molar-refractivity contribution < 1.29 is 13.2 Å². The molecule has 0 saturated heterocycles. The van der Waals surface area contributed by atoms with Crippen LogP contribution in [0.4, 0.5) is 11.5 Å². The Balaban J connectivity index is 1.74. The molecule has 2 aromatic heterocycles. The van der Waals surface area contributed by atoms with E-state index in [0.717, 1.165) is 35.8 Å². The van der Waals surface area contributed by atoms with Crippen LogP contribution in [0, 0.1) is 0 Å². The number of anilines is 2. The van der Waals surface area contributed by atoms with Gasteiger partial charge in [-0.1, -0.05) is 12.1 Å². The van der Waals surface area contributed by atoms with Gasteiger partial charge in [0.2, 0.25) is 16.4 Å². The molecule has 140 valence electrons. The first-order valence-electron chi connectivity index (χ1n) is 8.83. The normalized spacial score (nSPS) is 14.3. The number of rotatable bonds is 7. The van der Waals surface area contributed by atoms with Crippen molar-refractivity contribution in [2.24, 2.45) is 0 Å². The third-order valence-corrected chi connectivity index (χ3v) is 5.99. The highest BCUT2D eigenvalue weighted by Gasteiger charge is 2.30. The molecule has 27 heavy (non-hydrogen) atoms. The second-order valence-electron chi connectivity index (χ2n) is 6.59. The summed E-state index contributed by atoms with van der Waals surface area (Å²) in [5.41, 5.74) is 3.09. The molecular formula is C19H20N4O3S. The van der Waals surface area contributed by atoms with E-state index in [1.54, 1.807) is 24.0 Å². The van der Waals surface area contributed by atoms with Gasteiger partial charge >= 0.3 is 0 Å². The van der Waals surface area contributed by atoms with E-state index >= 15 is 0 Å². The number of H-pyrrole nitrogens is 1. The SMILES string of the molecule is CCS(=O)(=O)Nc1ccc(-c2cc(N(C=O)C3CC3)nc3[nH]ccc23)cc1. The van der Waals surface area contributed by atoms with Gasteiger partial charge in [-0.3, -0.25) is 14.4 Å². The summed E-state index contributed by atoms with van der Waals surface area (Å²) in [5, 5.41) is 0.947. The number of sulfonamides is 1. The highest BCUT2D eigenvalue weighted by atomic mass is 32.2. The first kappa shape index (κ1) is 17.5. The lowest BCUT2D eigenvalue weighted by atomic mass is 10.0. The second-order valence-corrected chi connectivity index (χ2v) is 8.61. The van der Waals surface area contributed by atoms with Crippen LogP contribution in [-0.4, -0.2) is 36.6 Å². The van der Waals surface area contributed by atoms with E-state index in [0.29, 0.717) is 17.2 Å². The Bertz CT molecular complexity index is 1090. The molecule has 0 atom stereocenters. The van der Waals surface area contributed by atoms with Gasteiger partial charge in [0.1, 0.15) is 11.5 Å². The van der Waals surface area contributed by atoms with E-state index < -0.39 is 10.0 Å². The topological polar surface area (TPSA) is 95.2 Å². The molecule has 8 heteroatoms. The number of nitrogens with one attached hydrogen (secondary N) is 2. The Morgan fingerprint density at radius 1 is 1.26 bits per heavy atom. The van der Waals surface area contributed by atoms with Crippen molar-refractivity contribution in [3.8, 4) is 11.1 Å². The molecule has 1 fully saturated rings. The van der Waals surface area contributed by atoms with Gasteiger partial charge in [-0.2, -0.15) is 0 Å². The number of carbonyl (C=O) groups is 1. The van der Waals surface area contributed by atoms with Crippen molar-refractivity contribution in [2.45, 2.75) is 25.8 Å². The minimum absolute atomic E-state index is 0.0230. The number of aromatic amines is 1. The van der Waals surface area contributed by atoms with Crippen LogP contribution in [0.25, 0.3) is 22.2 Å². The smallest absolute Gasteiger partial charge is 0.232 e. The molecule has 1 saturated carbocycles. The van der Waals surface area contributed by atoms with Gasteiger partial charge in [-0.15, -0.1) is 0 Å². The largest absolute Gasteiger partial charge is 0.346 e. The summed E-state index contributed by atoms with van der Waals surface area (Å²) in [6.45, 7) is 1.59. The molecule has 2 heterocycles. The first-order valence-corrected chi connectivity index (χ1v) is 10.5. The van der Waals surface area contributed by atoms with Crippen molar-refractivity contribution >= 4 is 39.0 Å². The van der Waals surface area contributed by atoms with Gasteiger partial charge in [0.25, 0.3) is 0 Å². The molecule has 1 aromatic carbocycles. The fourth-order valence-corrected chi connectivity index (χ4v) is 3.68.